The molecule has 7 atom stereocenters. The first kappa shape index (κ1) is 41.8. The van der Waals surface area contributed by atoms with Crippen molar-refractivity contribution in [3.8, 4) is 0 Å². The Labute approximate surface area is 327 Å². The third-order valence-electron chi connectivity index (χ3n) is 10.6. The summed E-state index contributed by atoms with van der Waals surface area (Å²) in [5.74, 6) is -2.64. The number of fused-ring (bicyclic) bond motifs is 4. The fourth-order valence-electron chi connectivity index (χ4n) is 8.16. The van der Waals surface area contributed by atoms with Gasteiger partial charge in [-0.15, -0.1) is 0 Å². The second kappa shape index (κ2) is 18.1. The molecule has 13 nitrogen and oxygen atoms in total. The van der Waals surface area contributed by atoms with E-state index in [-0.39, 0.29) is 45.4 Å². The molecule has 0 radical (unpaired) electrons. The van der Waals surface area contributed by atoms with Crippen LogP contribution in [0.4, 0.5) is 0 Å². The number of hydroxylamine groups is 2. The maximum atomic E-state index is 14.6. The molecule has 3 aliphatic heterocycles. The lowest BCUT2D eigenvalue weighted by atomic mass is 9.62. The summed E-state index contributed by atoms with van der Waals surface area (Å²) in [6.45, 7) is 9.51. The van der Waals surface area contributed by atoms with Crippen molar-refractivity contribution in [2.75, 3.05) is 13.2 Å². The average Bonchev–Trinajstić information content (AvgIpc) is 3.64. The lowest BCUT2D eigenvalue weighted by Gasteiger charge is -2.48. The molecule has 53 heavy (non-hydrogen) atoms. The minimum atomic E-state index is -1.35. The molecular weight excluding hydrogens is 797 g/mol. The third kappa shape index (κ3) is 9.90. The monoisotopic (exact) mass is 855 g/mol. The highest BCUT2D eigenvalue weighted by molar-refractivity contribution is 14.1. The summed E-state index contributed by atoms with van der Waals surface area (Å²) in [6, 6.07) is 6.18. The van der Waals surface area contributed by atoms with Crippen molar-refractivity contribution in [3.05, 3.63) is 33.4 Å². The van der Waals surface area contributed by atoms with Gasteiger partial charge in [0.05, 0.1) is 19.2 Å². The number of aliphatic hydroxyl groups is 1. The van der Waals surface area contributed by atoms with E-state index in [1.807, 2.05) is 24.3 Å². The van der Waals surface area contributed by atoms with Crippen molar-refractivity contribution in [2.24, 2.45) is 5.41 Å². The smallest absolute Gasteiger partial charge is 0.327 e. The second-order valence-corrected chi connectivity index (χ2v) is 17.2. The molecule has 0 spiro atoms. The molecule has 2 amide bonds. The van der Waals surface area contributed by atoms with E-state index in [1.54, 1.807) is 25.8 Å². The number of nitrogens with zero attached hydrogens (tertiary/aromatic N) is 1. The van der Waals surface area contributed by atoms with E-state index in [1.165, 1.54) is 0 Å². The van der Waals surface area contributed by atoms with E-state index < -0.39 is 77.1 Å². The van der Waals surface area contributed by atoms with Crippen LogP contribution in [0, 0.1) is 8.99 Å². The van der Waals surface area contributed by atoms with E-state index in [4.69, 9.17) is 23.8 Å². The van der Waals surface area contributed by atoms with Crippen LogP contribution in [0.15, 0.2) is 24.3 Å². The lowest BCUT2D eigenvalue weighted by Crippen LogP contribution is -2.69. The Bertz CT molecular complexity index is 1440. The van der Waals surface area contributed by atoms with Gasteiger partial charge in [0.2, 0.25) is 11.8 Å². The van der Waals surface area contributed by atoms with Gasteiger partial charge in [0.1, 0.15) is 35.4 Å². The van der Waals surface area contributed by atoms with Crippen molar-refractivity contribution in [3.63, 3.8) is 0 Å². The zero-order valence-electron chi connectivity index (χ0n) is 31.8. The number of aliphatic hydroxyl groups excluding tert-OH is 1. The Morgan fingerprint density at radius 1 is 1.06 bits per heavy atom. The quantitative estimate of drug-likeness (QED) is 0.0993. The first-order valence-corrected chi connectivity index (χ1v) is 20.5. The summed E-state index contributed by atoms with van der Waals surface area (Å²) in [4.78, 5) is 60.3. The molecule has 1 aromatic carbocycles. The highest BCUT2D eigenvalue weighted by Crippen LogP contribution is 2.58. The highest BCUT2D eigenvalue weighted by Gasteiger charge is 2.76. The number of rotatable bonds is 19. The Kier molecular flexibility index (Phi) is 14.2. The molecule has 2 bridgehead atoms. The molecule has 4 aliphatic rings. The van der Waals surface area contributed by atoms with E-state index in [0.717, 1.165) is 47.7 Å². The van der Waals surface area contributed by atoms with Crippen LogP contribution >= 0.6 is 22.6 Å². The second-order valence-electron chi connectivity index (χ2n) is 15.9. The summed E-state index contributed by atoms with van der Waals surface area (Å²) in [5, 5.41) is 17.1. The van der Waals surface area contributed by atoms with E-state index in [9.17, 15) is 24.3 Å². The van der Waals surface area contributed by atoms with Crippen molar-refractivity contribution >= 4 is 46.3 Å². The van der Waals surface area contributed by atoms with Gasteiger partial charge in [-0.05, 0) is 80.3 Å². The summed E-state index contributed by atoms with van der Waals surface area (Å²) in [7, 11) is 0. The molecule has 1 aromatic rings. The maximum absolute atomic E-state index is 14.6. The largest absolute Gasteiger partial charge is 0.460 e. The minimum Gasteiger partial charge on any atom is -0.460 e. The summed E-state index contributed by atoms with van der Waals surface area (Å²) >= 11 is 2.24. The fraction of sp³-hybridized carbons (Fsp3) is 0.744. The number of unbranched alkanes of at least 4 members (excludes halogenated alkanes) is 4. The van der Waals surface area contributed by atoms with Gasteiger partial charge in [0, 0.05) is 42.2 Å². The number of ether oxygens (including phenoxy) is 4. The van der Waals surface area contributed by atoms with E-state index in [2.05, 4.69) is 47.1 Å². The molecule has 296 valence electrons. The Morgan fingerprint density at radius 2 is 1.75 bits per heavy atom. The molecular formula is C39H58IN3O10. The van der Waals surface area contributed by atoms with Crippen molar-refractivity contribution in [2.45, 2.75) is 166 Å². The zero-order valence-corrected chi connectivity index (χ0v) is 34.0. The molecule has 3 N–H and O–H groups in total. The molecule has 0 unspecified atom stereocenters. The van der Waals surface area contributed by atoms with Gasteiger partial charge in [-0.25, -0.2) is 0 Å². The number of hydrogen-bond acceptors (Lipinski definition) is 11. The van der Waals surface area contributed by atoms with Gasteiger partial charge in [-0.2, -0.15) is 5.06 Å². The summed E-state index contributed by atoms with van der Waals surface area (Å²) in [6.07, 6.45) is 4.97. The van der Waals surface area contributed by atoms with Crippen LogP contribution < -0.4 is 10.6 Å². The van der Waals surface area contributed by atoms with Gasteiger partial charge < -0.3 is 34.7 Å². The predicted molar refractivity (Wildman–Crippen MR) is 203 cm³/mol. The first-order valence-electron chi connectivity index (χ1n) is 19.4. The number of carbonyl (C=O) groups excluding carboxylic acids is 4. The van der Waals surface area contributed by atoms with Crippen LogP contribution in [-0.4, -0.2) is 95.0 Å². The van der Waals surface area contributed by atoms with Gasteiger partial charge in [0.15, 0.2) is 11.8 Å². The summed E-state index contributed by atoms with van der Waals surface area (Å²) in [5.41, 5.74) is -1.07. The van der Waals surface area contributed by atoms with Crippen LogP contribution in [0.25, 0.3) is 0 Å². The third-order valence-corrected chi connectivity index (χ3v) is 11.2. The number of nitrogens with one attached hydrogen (secondary N) is 2. The Balaban J connectivity index is 1.33. The Morgan fingerprint density at radius 3 is 2.40 bits per heavy atom. The van der Waals surface area contributed by atoms with Gasteiger partial charge in [-0.1, -0.05) is 51.7 Å². The topological polar surface area (TPSA) is 162 Å². The molecule has 1 aliphatic carbocycles. The van der Waals surface area contributed by atoms with Crippen LogP contribution in [0.5, 0.6) is 0 Å². The molecule has 1 saturated carbocycles. The predicted octanol–water partition coefficient (Wildman–Crippen LogP) is 4.84. The van der Waals surface area contributed by atoms with Crippen LogP contribution in [0.2, 0.25) is 0 Å². The molecule has 14 heteroatoms. The van der Waals surface area contributed by atoms with Crippen molar-refractivity contribution in [1.29, 1.82) is 0 Å². The standard InChI is InChI=1S/C39H58IN3O10/c1-6-8-10-18-38(19-11-9-7-2)51-31-28-22-39(36(48)41-20-17-29(45)42-27(24-44)15-16-30(46)50-37(3,4)5)33(35(47)49-28)43(53-34(39)32(31)52-38)23-25-13-12-14-26(40)21-25/h12-14,21,27-28,31-34,44H,6-11,15-20,22-24H2,1-5H3,(H,41,48)(H,42,45)/t27-,28+,31-,32-,33-,34+,39-/m0/s1. The number of benzene rings is 1. The van der Waals surface area contributed by atoms with Crippen molar-refractivity contribution in [1.82, 2.24) is 15.7 Å². The number of esters is 2. The lowest BCUT2D eigenvalue weighted by molar-refractivity contribution is -0.224. The molecule has 3 heterocycles. The van der Waals surface area contributed by atoms with Crippen LogP contribution in [0.3, 0.4) is 0 Å². The number of amides is 2. The van der Waals surface area contributed by atoms with Crippen LogP contribution in [-0.2, 0) is 49.5 Å². The summed E-state index contributed by atoms with van der Waals surface area (Å²) < 4.78 is 26.2. The molecule has 0 aromatic heterocycles. The Hall–Kier alpha value is -2.37. The van der Waals surface area contributed by atoms with Gasteiger partial charge in [-0.3, -0.25) is 24.0 Å². The number of halogens is 1. The number of carbonyl (C=O) groups is 4. The maximum Gasteiger partial charge on any atom is 0.327 e. The van der Waals surface area contributed by atoms with Crippen LogP contribution in [0.1, 0.15) is 117 Å². The normalized spacial score (nSPS) is 27.8. The SMILES string of the molecule is CCCCCC1(CCCCC)O[C@@H]2[C@H](O1)[C@H]1ON(Cc3cccc(I)c3)[C@H]3C(=O)O[C@@H]2C[C@@]13C(=O)NCCC(=O)N[C@H](CO)CCC(=O)OC(C)(C)C. The zero-order chi connectivity index (χ0) is 38.4. The highest BCUT2D eigenvalue weighted by atomic mass is 127. The van der Waals surface area contributed by atoms with E-state index in [0.29, 0.717) is 12.8 Å². The van der Waals surface area contributed by atoms with Gasteiger partial charge in [0.25, 0.3) is 0 Å². The average molecular weight is 856 g/mol. The minimum absolute atomic E-state index is 0.0178. The van der Waals surface area contributed by atoms with Crippen molar-refractivity contribution < 1.29 is 48.1 Å². The molecule has 3 saturated heterocycles. The number of hydrogen-bond donors (Lipinski definition) is 3. The van der Waals surface area contributed by atoms with E-state index >= 15 is 0 Å². The van der Waals surface area contributed by atoms with Gasteiger partial charge >= 0.3 is 11.9 Å². The molecule has 5 rings (SSSR count). The molecule has 4 fully saturated rings. The first-order chi connectivity index (χ1) is 25.2. The fourth-order valence-corrected chi connectivity index (χ4v) is 8.77.